The first-order valence-corrected chi connectivity index (χ1v) is 7.76. The normalized spacial score (nSPS) is 15.0. The van der Waals surface area contributed by atoms with Gasteiger partial charge in [-0.25, -0.2) is 4.98 Å². The molecule has 4 heteroatoms. The monoisotopic (exact) mass is 269 g/mol. The first-order chi connectivity index (χ1) is 8.52. The van der Waals surface area contributed by atoms with E-state index in [9.17, 15) is 0 Å². The van der Waals surface area contributed by atoms with Crippen molar-refractivity contribution in [2.24, 2.45) is 17.6 Å². The van der Waals surface area contributed by atoms with Crippen molar-refractivity contribution in [2.75, 3.05) is 13.1 Å². The average Bonchev–Trinajstić information content (AvgIpc) is 2.74. The number of nitrogens with two attached hydrogens (primary N) is 1. The third kappa shape index (κ3) is 5.46. The smallest absolute Gasteiger partial charge is 0.110 e. The van der Waals surface area contributed by atoms with Crippen LogP contribution in [0.3, 0.4) is 0 Å². The van der Waals surface area contributed by atoms with Gasteiger partial charge in [0.2, 0.25) is 0 Å². The number of rotatable bonds is 8. The molecule has 1 aromatic heterocycles. The van der Waals surface area contributed by atoms with Crippen LogP contribution >= 0.6 is 11.3 Å². The van der Waals surface area contributed by atoms with Gasteiger partial charge in [-0.05, 0) is 51.6 Å². The molecule has 18 heavy (non-hydrogen) atoms. The lowest BCUT2D eigenvalue weighted by molar-refractivity contribution is 0.378. The first-order valence-electron chi connectivity index (χ1n) is 6.88. The molecule has 1 rings (SSSR count). The summed E-state index contributed by atoms with van der Waals surface area (Å²) in [7, 11) is 0. The topological polar surface area (TPSA) is 50.9 Å². The molecule has 0 radical (unpaired) electrons. The van der Waals surface area contributed by atoms with Crippen LogP contribution in [-0.2, 0) is 0 Å². The van der Waals surface area contributed by atoms with Crippen molar-refractivity contribution < 1.29 is 0 Å². The van der Waals surface area contributed by atoms with E-state index in [4.69, 9.17) is 5.73 Å². The summed E-state index contributed by atoms with van der Waals surface area (Å²) in [5.41, 5.74) is 6.93. The zero-order valence-electron chi connectivity index (χ0n) is 12.1. The van der Waals surface area contributed by atoms with E-state index in [0.717, 1.165) is 31.1 Å². The molecule has 0 aromatic carbocycles. The predicted molar refractivity (Wildman–Crippen MR) is 79.9 cm³/mol. The highest BCUT2D eigenvalue weighted by atomic mass is 32.1. The molecule has 0 bridgehead atoms. The minimum atomic E-state index is 0.348. The molecule has 0 spiro atoms. The van der Waals surface area contributed by atoms with Gasteiger partial charge < -0.3 is 11.1 Å². The van der Waals surface area contributed by atoms with Gasteiger partial charge in [0.05, 0.1) is 6.04 Å². The Morgan fingerprint density at radius 3 is 2.61 bits per heavy atom. The summed E-state index contributed by atoms with van der Waals surface area (Å²) in [5, 5.41) is 6.83. The Kier molecular flexibility index (Phi) is 6.82. The summed E-state index contributed by atoms with van der Waals surface area (Å²) in [5.74, 6) is 1.38. The standard InChI is InChI=1S/C14H27N3S/c1-10(2)7-13(8-15)5-6-16-12(4)14-17-11(3)9-18-14/h9-10,12-13,16H,5-8,15H2,1-4H3. The fourth-order valence-corrected chi connectivity index (χ4v) is 2.99. The van der Waals surface area contributed by atoms with Crippen LogP contribution in [0, 0.1) is 18.8 Å². The van der Waals surface area contributed by atoms with Gasteiger partial charge in [-0.1, -0.05) is 13.8 Å². The quantitative estimate of drug-likeness (QED) is 0.762. The van der Waals surface area contributed by atoms with Gasteiger partial charge in [-0.3, -0.25) is 0 Å². The van der Waals surface area contributed by atoms with Gasteiger partial charge in [0.1, 0.15) is 5.01 Å². The summed E-state index contributed by atoms with van der Waals surface area (Å²) < 4.78 is 0. The lowest BCUT2D eigenvalue weighted by Crippen LogP contribution is -2.25. The minimum absolute atomic E-state index is 0.348. The number of aryl methyl sites for hydroxylation is 1. The van der Waals surface area contributed by atoms with Crippen LogP contribution in [0.1, 0.15) is 50.4 Å². The first kappa shape index (κ1) is 15.6. The van der Waals surface area contributed by atoms with Crippen molar-refractivity contribution in [3.8, 4) is 0 Å². The molecule has 0 fully saturated rings. The largest absolute Gasteiger partial charge is 0.330 e. The van der Waals surface area contributed by atoms with Crippen LogP contribution in [0.5, 0.6) is 0 Å². The number of hydrogen-bond acceptors (Lipinski definition) is 4. The number of aromatic nitrogens is 1. The van der Waals surface area contributed by atoms with E-state index in [1.807, 2.05) is 6.92 Å². The fraction of sp³-hybridized carbons (Fsp3) is 0.786. The second-order valence-corrected chi connectivity index (χ2v) is 6.41. The number of thiazole rings is 1. The van der Waals surface area contributed by atoms with Gasteiger partial charge in [0.25, 0.3) is 0 Å². The average molecular weight is 269 g/mol. The summed E-state index contributed by atoms with van der Waals surface area (Å²) in [6.45, 7) is 10.6. The third-order valence-corrected chi connectivity index (χ3v) is 4.29. The molecule has 2 atom stereocenters. The van der Waals surface area contributed by atoms with Crippen LogP contribution in [0.2, 0.25) is 0 Å². The van der Waals surface area contributed by atoms with Crippen molar-refractivity contribution in [1.29, 1.82) is 0 Å². The maximum Gasteiger partial charge on any atom is 0.110 e. The van der Waals surface area contributed by atoms with Crippen LogP contribution < -0.4 is 11.1 Å². The van der Waals surface area contributed by atoms with Gasteiger partial charge >= 0.3 is 0 Å². The lowest BCUT2D eigenvalue weighted by Gasteiger charge is -2.18. The Bertz CT molecular complexity index is 336. The third-order valence-electron chi connectivity index (χ3n) is 3.15. The van der Waals surface area contributed by atoms with E-state index in [1.54, 1.807) is 11.3 Å². The van der Waals surface area contributed by atoms with Crippen LogP contribution in [0.25, 0.3) is 0 Å². The van der Waals surface area contributed by atoms with Gasteiger partial charge in [-0.15, -0.1) is 11.3 Å². The van der Waals surface area contributed by atoms with Gasteiger partial charge in [0.15, 0.2) is 0 Å². The molecule has 1 aromatic rings. The molecule has 104 valence electrons. The molecule has 0 aliphatic rings. The van der Waals surface area contributed by atoms with E-state index in [2.05, 4.69) is 36.5 Å². The summed E-state index contributed by atoms with van der Waals surface area (Å²) in [6.07, 6.45) is 2.38. The van der Waals surface area contributed by atoms with Crippen molar-refractivity contribution in [3.63, 3.8) is 0 Å². The number of hydrogen-bond donors (Lipinski definition) is 2. The SMILES string of the molecule is Cc1csc(C(C)NCCC(CN)CC(C)C)n1. The predicted octanol–water partition coefficient (Wildman–Crippen LogP) is 3.11. The lowest BCUT2D eigenvalue weighted by atomic mass is 9.94. The van der Waals surface area contributed by atoms with Crippen LogP contribution in [0.4, 0.5) is 0 Å². The highest BCUT2D eigenvalue weighted by Crippen LogP contribution is 2.18. The molecular formula is C14H27N3S. The molecule has 0 saturated carbocycles. The number of nitrogens with zero attached hydrogens (tertiary/aromatic N) is 1. The maximum absolute atomic E-state index is 5.81. The summed E-state index contributed by atoms with van der Waals surface area (Å²) in [6, 6.07) is 0.348. The van der Waals surface area contributed by atoms with Crippen molar-refractivity contribution >= 4 is 11.3 Å². The zero-order chi connectivity index (χ0) is 13.5. The molecule has 0 saturated heterocycles. The Balaban J connectivity index is 2.28. The Hall–Kier alpha value is -0.450. The molecule has 3 nitrogen and oxygen atoms in total. The highest BCUT2D eigenvalue weighted by molar-refractivity contribution is 7.09. The molecule has 0 aliphatic heterocycles. The molecular weight excluding hydrogens is 242 g/mol. The van der Waals surface area contributed by atoms with Crippen LogP contribution in [-0.4, -0.2) is 18.1 Å². The molecule has 1 heterocycles. The van der Waals surface area contributed by atoms with Crippen molar-refractivity contribution in [1.82, 2.24) is 10.3 Å². The summed E-state index contributed by atoms with van der Waals surface area (Å²) >= 11 is 1.73. The van der Waals surface area contributed by atoms with Gasteiger partial charge in [0, 0.05) is 11.1 Å². The molecule has 0 aliphatic carbocycles. The second kappa shape index (κ2) is 7.87. The second-order valence-electron chi connectivity index (χ2n) is 5.52. The Morgan fingerprint density at radius 1 is 1.39 bits per heavy atom. The van der Waals surface area contributed by atoms with E-state index in [1.165, 1.54) is 11.4 Å². The van der Waals surface area contributed by atoms with Gasteiger partial charge in [-0.2, -0.15) is 0 Å². The Labute approximate surface area is 115 Å². The number of nitrogens with one attached hydrogen (secondary N) is 1. The molecule has 0 amide bonds. The van der Waals surface area contributed by atoms with E-state index >= 15 is 0 Å². The van der Waals surface area contributed by atoms with E-state index < -0.39 is 0 Å². The maximum atomic E-state index is 5.81. The highest BCUT2D eigenvalue weighted by Gasteiger charge is 2.11. The minimum Gasteiger partial charge on any atom is -0.330 e. The molecule has 2 unspecified atom stereocenters. The van der Waals surface area contributed by atoms with Crippen molar-refractivity contribution in [3.05, 3.63) is 16.1 Å². The van der Waals surface area contributed by atoms with E-state index in [0.29, 0.717) is 12.0 Å². The van der Waals surface area contributed by atoms with Crippen molar-refractivity contribution in [2.45, 2.75) is 46.6 Å². The fourth-order valence-electron chi connectivity index (χ4n) is 2.16. The zero-order valence-corrected chi connectivity index (χ0v) is 12.9. The summed E-state index contributed by atoms with van der Waals surface area (Å²) in [4.78, 5) is 4.51. The van der Waals surface area contributed by atoms with E-state index in [-0.39, 0.29) is 0 Å². The Morgan fingerprint density at radius 2 is 2.11 bits per heavy atom. The van der Waals surface area contributed by atoms with Crippen LogP contribution in [0.15, 0.2) is 5.38 Å². The molecule has 3 N–H and O–H groups in total.